The summed E-state index contributed by atoms with van der Waals surface area (Å²) in [5.41, 5.74) is -0.698. The minimum absolute atomic E-state index is 0.0271. The highest BCUT2D eigenvalue weighted by Crippen LogP contribution is 2.38. The zero-order chi connectivity index (χ0) is 15.9. The second-order valence-electron chi connectivity index (χ2n) is 8.59. The zero-order valence-electron chi connectivity index (χ0n) is 14.2. The van der Waals surface area contributed by atoms with Crippen LogP contribution in [0.25, 0.3) is 0 Å². The van der Waals surface area contributed by atoms with E-state index in [2.05, 4.69) is 39.9 Å². The number of carbonyl (C=O) groups excluding carboxylic acids is 2. The van der Waals surface area contributed by atoms with Crippen molar-refractivity contribution in [1.29, 1.82) is 0 Å². The number of hydrogen-bond donors (Lipinski definition) is 1. The molecule has 0 aromatic heterocycles. The highest BCUT2D eigenvalue weighted by molar-refractivity contribution is 5.94. The van der Waals surface area contributed by atoms with Crippen molar-refractivity contribution < 1.29 is 9.59 Å². The molecule has 1 aliphatic heterocycles. The van der Waals surface area contributed by atoms with Gasteiger partial charge in [0.25, 0.3) is 0 Å². The Labute approximate surface area is 128 Å². The van der Waals surface area contributed by atoms with Crippen molar-refractivity contribution >= 4 is 11.8 Å². The van der Waals surface area contributed by atoms with Crippen LogP contribution in [0.1, 0.15) is 73.1 Å². The fraction of sp³-hybridized carbons (Fsp3) is 0.882. The fourth-order valence-electron chi connectivity index (χ4n) is 4.24. The van der Waals surface area contributed by atoms with E-state index in [1.165, 1.54) is 0 Å². The normalized spacial score (nSPS) is 23.4. The summed E-state index contributed by atoms with van der Waals surface area (Å²) in [4.78, 5) is 27.2. The standard InChI is InChI=1S/C17H30N2O2/c1-15(2,3)12-16(4,5)19-11-8-13(20)18-17(14(19)21)9-6-7-10-17/h6-12H2,1-5H3,(H,18,20). The van der Waals surface area contributed by atoms with Crippen LogP contribution in [0.5, 0.6) is 0 Å². The molecule has 1 heterocycles. The predicted molar refractivity (Wildman–Crippen MR) is 83.8 cm³/mol. The van der Waals surface area contributed by atoms with Gasteiger partial charge in [0.15, 0.2) is 0 Å². The van der Waals surface area contributed by atoms with Crippen LogP contribution in [-0.2, 0) is 9.59 Å². The van der Waals surface area contributed by atoms with Crippen LogP contribution in [0.3, 0.4) is 0 Å². The van der Waals surface area contributed by atoms with Crippen LogP contribution >= 0.6 is 0 Å². The van der Waals surface area contributed by atoms with Crippen LogP contribution in [0.2, 0.25) is 0 Å². The molecule has 21 heavy (non-hydrogen) atoms. The van der Waals surface area contributed by atoms with Gasteiger partial charge in [0.2, 0.25) is 11.8 Å². The van der Waals surface area contributed by atoms with Crippen molar-refractivity contribution in [3.63, 3.8) is 0 Å². The predicted octanol–water partition coefficient (Wildman–Crippen LogP) is 2.86. The molecule has 2 aliphatic rings. The molecular weight excluding hydrogens is 264 g/mol. The summed E-state index contributed by atoms with van der Waals surface area (Å²) in [5.74, 6) is 0.166. The van der Waals surface area contributed by atoms with Crippen LogP contribution in [-0.4, -0.2) is 34.3 Å². The van der Waals surface area contributed by atoms with Crippen molar-refractivity contribution in [2.75, 3.05) is 6.54 Å². The van der Waals surface area contributed by atoms with E-state index in [4.69, 9.17) is 0 Å². The summed E-state index contributed by atoms with van der Waals surface area (Å²) < 4.78 is 0. The van der Waals surface area contributed by atoms with Gasteiger partial charge in [-0.25, -0.2) is 0 Å². The highest BCUT2D eigenvalue weighted by Gasteiger charge is 2.49. The molecule has 1 saturated carbocycles. The van der Waals surface area contributed by atoms with Gasteiger partial charge in [0.1, 0.15) is 5.54 Å². The minimum atomic E-state index is -0.622. The lowest BCUT2D eigenvalue weighted by Gasteiger charge is -2.44. The second kappa shape index (κ2) is 5.29. The second-order valence-corrected chi connectivity index (χ2v) is 8.59. The average molecular weight is 294 g/mol. The Morgan fingerprint density at radius 1 is 1.10 bits per heavy atom. The maximum absolute atomic E-state index is 13.2. The third-order valence-corrected chi connectivity index (χ3v) is 4.75. The minimum Gasteiger partial charge on any atom is -0.342 e. The Morgan fingerprint density at radius 3 is 2.19 bits per heavy atom. The van der Waals surface area contributed by atoms with Gasteiger partial charge in [-0.15, -0.1) is 0 Å². The smallest absolute Gasteiger partial charge is 0.248 e. The van der Waals surface area contributed by atoms with Crippen molar-refractivity contribution in [1.82, 2.24) is 10.2 Å². The summed E-state index contributed by atoms with van der Waals surface area (Å²) in [6, 6.07) is 0. The summed E-state index contributed by atoms with van der Waals surface area (Å²) in [7, 11) is 0. The lowest BCUT2D eigenvalue weighted by atomic mass is 9.80. The lowest BCUT2D eigenvalue weighted by molar-refractivity contribution is -0.144. The summed E-state index contributed by atoms with van der Waals surface area (Å²) in [6.45, 7) is 11.4. The van der Waals surface area contributed by atoms with Crippen LogP contribution < -0.4 is 5.32 Å². The molecule has 0 atom stereocenters. The van der Waals surface area contributed by atoms with Gasteiger partial charge in [0.05, 0.1) is 0 Å². The van der Waals surface area contributed by atoms with Crippen molar-refractivity contribution in [3.8, 4) is 0 Å². The van der Waals surface area contributed by atoms with Crippen LogP contribution in [0, 0.1) is 5.41 Å². The first-order chi connectivity index (χ1) is 9.56. The topological polar surface area (TPSA) is 49.4 Å². The molecule has 0 radical (unpaired) electrons. The molecule has 2 rings (SSSR count). The third-order valence-electron chi connectivity index (χ3n) is 4.75. The molecule has 0 bridgehead atoms. The lowest BCUT2D eigenvalue weighted by Crippen LogP contribution is -2.60. The average Bonchev–Trinajstić information content (AvgIpc) is 2.69. The highest BCUT2D eigenvalue weighted by atomic mass is 16.2. The Hall–Kier alpha value is -1.06. The van der Waals surface area contributed by atoms with E-state index in [9.17, 15) is 9.59 Å². The van der Waals surface area contributed by atoms with Gasteiger partial charge in [-0.2, -0.15) is 0 Å². The molecule has 0 aromatic rings. The quantitative estimate of drug-likeness (QED) is 0.851. The Morgan fingerprint density at radius 2 is 1.67 bits per heavy atom. The Kier molecular flexibility index (Phi) is 4.11. The number of nitrogens with one attached hydrogen (secondary N) is 1. The van der Waals surface area contributed by atoms with E-state index in [0.29, 0.717) is 13.0 Å². The van der Waals surface area contributed by atoms with Gasteiger partial charge in [-0.1, -0.05) is 33.6 Å². The molecular formula is C17H30N2O2. The van der Waals surface area contributed by atoms with Crippen molar-refractivity contribution in [3.05, 3.63) is 0 Å². The zero-order valence-corrected chi connectivity index (χ0v) is 14.2. The monoisotopic (exact) mass is 294 g/mol. The Bertz CT molecular complexity index is 429. The summed E-state index contributed by atoms with van der Waals surface area (Å²) in [6.07, 6.45) is 4.98. The molecule has 1 N–H and O–H groups in total. The molecule has 1 saturated heterocycles. The van der Waals surface area contributed by atoms with E-state index >= 15 is 0 Å². The summed E-state index contributed by atoms with van der Waals surface area (Å²) >= 11 is 0. The molecule has 1 spiro atoms. The molecule has 4 heteroatoms. The largest absolute Gasteiger partial charge is 0.342 e. The van der Waals surface area contributed by atoms with E-state index in [1.54, 1.807) is 0 Å². The SMILES string of the molecule is CC(C)(C)CC(C)(C)N1CCC(=O)NC2(CCCC2)C1=O. The number of amides is 2. The third kappa shape index (κ3) is 3.41. The first-order valence-electron chi connectivity index (χ1n) is 8.19. The van der Waals surface area contributed by atoms with E-state index in [-0.39, 0.29) is 22.8 Å². The molecule has 0 aromatic carbocycles. The van der Waals surface area contributed by atoms with Gasteiger partial charge in [-0.05, 0) is 38.5 Å². The van der Waals surface area contributed by atoms with E-state index in [0.717, 1.165) is 32.1 Å². The molecule has 0 unspecified atom stereocenters. The van der Waals surface area contributed by atoms with Crippen LogP contribution in [0.15, 0.2) is 0 Å². The summed E-state index contributed by atoms with van der Waals surface area (Å²) in [5, 5.41) is 3.04. The molecule has 2 amide bonds. The maximum atomic E-state index is 13.2. The molecule has 120 valence electrons. The van der Waals surface area contributed by atoms with Gasteiger partial charge in [0, 0.05) is 18.5 Å². The maximum Gasteiger partial charge on any atom is 0.248 e. The first-order valence-corrected chi connectivity index (χ1v) is 8.19. The van der Waals surface area contributed by atoms with Crippen molar-refractivity contribution in [2.45, 2.75) is 84.2 Å². The number of rotatable bonds is 2. The molecule has 4 nitrogen and oxygen atoms in total. The number of nitrogens with zero attached hydrogens (tertiary/aromatic N) is 1. The fourth-order valence-corrected chi connectivity index (χ4v) is 4.24. The van der Waals surface area contributed by atoms with Gasteiger partial charge >= 0.3 is 0 Å². The van der Waals surface area contributed by atoms with Crippen LogP contribution in [0.4, 0.5) is 0 Å². The first kappa shape index (κ1) is 16.3. The van der Waals surface area contributed by atoms with E-state index in [1.807, 2.05) is 4.90 Å². The Balaban J connectivity index is 2.29. The molecule has 1 aliphatic carbocycles. The van der Waals surface area contributed by atoms with Crippen molar-refractivity contribution in [2.24, 2.45) is 5.41 Å². The number of hydrogen-bond acceptors (Lipinski definition) is 2. The van der Waals surface area contributed by atoms with Gasteiger partial charge < -0.3 is 10.2 Å². The van der Waals surface area contributed by atoms with E-state index < -0.39 is 5.54 Å². The number of carbonyl (C=O) groups is 2. The van der Waals surface area contributed by atoms with Gasteiger partial charge in [-0.3, -0.25) is 9.59 Å². The molecule has 2 fully saturated rings.